The molecule has 0 aliphatic carbocycles. The fourth-order valence-corrected chi connectivity index (χ4v) is 1.58. The van der Waals surface area contributed by atoms with Crippen molar-refractivity contribution in [3.63, 3.8) is 0 Å². The van der Waals surface area contributed by atoms with Crippen molar-refractivity contribution >= 4 is 11.6 Å². The standard InChI is InChI=1S/C10H17N5O/c11-9-7-13-10(14-8-9)12-1-2-15-3-5-16-6-4-15/h7-8H,1-6,11H2,(H,12,13,14). The minimum atomic E-state index is 0.582. The number of hydrogen-bond donors (Lipinski definition) is 2. The molecule has 88 valence electrons. The molecule has 1 saturated heterocycles. The maximum absolute atomic E-state index is 5.50. The van der Waals surface area contributed by atoms with E-state index in [0.717, 1.165) is 39.4 Å². The highest BCUT2D eigenvalue weighted by molar-refractivity contribution is 5.35. The van der Waals surface area contributed by atoms with Crippen LogP contribution in [0.15, 0.2) is 12.4 Å². The van der Waals surface area contributed by atoms with E-state index in [9.17, 15) is 0 Å². The minimum absolute atomic E-state index is 0.582. The smallest absolute Gasteiger partial charge is 0.222 e. The fraction of sp³-hybridized carbons (Fsp3) is 0.600. The van der Waals surface area contributed by atoms with Gasteiger partial charge < -0.3 is 15.8 Å². The molecule has 16 heavy (non-hydrogen) atoms. The molecule has 0 aromatic carbocycles. The van der Waals surface area contributed by atoms with Crippen molar-refractivity contribution in [3.8, 4) is 0 Å². The van der Waals surface area contributed by atoms with E-state index in [2.05, 4.69) is 20.2 Å². The molecule has 2 rings (SSSR count). The molecule has 0 bridgehead atoms. The van der Waals surface area contributed by atoms with Crippen molar-refractivity contribution in [1.82, 2.24) is 14.9 Å². The number of nitrogens with zero attached hydrogens (tertiary/aromatic N) is 3. The van der Waals surface area contributed by atoms with Crippen LogP contribution in [-0.2, 0) is 4.74 Å². The normalized spacial score (nSPS) is 17.2. The van der Waals surface area contributed by atoms with E-state index < -0.39 is 0 Å². The van der Waals surface area contributed by atoms with Crippen LogP contribution in [0.25, 0.3) is 0 Å². The molecule has 3 N–H and O–H groups in total. The molecule has 1 aliphatic rings. The number of hydrogen-bond acceptors (Lipinski definition) is 6. The Bertz CT molecular complexity index is 309. The maximum Gasteiger partial charge on any atom is 0.222 e. The third-order valence-electron chi connectivity index (χ3n) is 2.49. The summed E-state index contributed by atoms with van der Waals surface area (Å²) in [7, 11) is 0. The summed E-state index contributed by atoms with van der Waals surface area (Å²) in [6.07, 6.45) is 3.20. The van der Waals surface area contributed by atoms with Crippen LogP contribution < -0.4 is 11.1 Å². The van der Waals surface area contributed by atoms with E-state index in [0.29, 0.717) is 11.6 Å². The van der Waals surface area contributed by atoms with E-state index in [1.807, 2.05) is 0 Å². The minimum Gasteiger partial charge on any atom is -0.396 e. The predicted molar refractivity (Wildman–Crippen MR) is 62.2 cm³/mol. The van der Waals surface area contributed by atoms with Gasteiger partial charge in [0.15, 0.2) is 0 Å². The lowest BCUT2D eigenvalue weighted by Gasteiger charge is -2.26. The van der Waals surface area contributed by atoms with Crippen molar-refractivity contribution < 1.29 is 4.74 Å². The molecule has 6 heteroatoms. The number of nitrogens with two attached hydrogens (primary N) is 1. The van der Waals surface area contributed by atoms with Gasteiger partial charge in [-0.15, -0.1) is 0 Å². The van der Waals surface area contributed by atoms with Gasteiger partial charge in [0.1, 0.15) is 0 Å². The molecule has 6 nitrogen and oxygen atoms in total. The van der Waals surface area contributed by atoms with E-state index in [1.54, 1.807) is 12.4 Å². The quantitative estimate of drug-likeness (QED) is 0.736. The van der Waals surface area contributed by atoms with Gasteiger partial charge in [0, 0.05) is 26.2 Å². The highest BCUT2D eigenvalue weighted by atomic mass is 16.5. The van der Waals surface area contributed by atoms with Crippen molar-refractivity contribution in [2.75, 3.05) is 50.4 Å². The van der Waals surface area contributed by atoms with Gasteiger partial charge in [-0.05, 0) is 0 Å². The van der Waals surface area contributed by atoms with Gasteiger partial charge in [-0.25, -0.2) is 9.97 Å². The molecule has 1 fully saturated rings. The number of morpholine rings is 1. The zero-order valence-electron chi connectivity index (χ0n) is 9.22. The first kappa shape index (κ1) is 11.1. The second-order valence-corrected chi connectivity index (χ2v) is 3.72. The van der Waals surface area contributed by atoms with Gasteiger partial charge in [0.05, 0.1) is 31.3 Å². The Morgan fingerprint density at radius 2 is 2.00 bits per heavy atom. The second kappa shape index (κ2) is 5.62. The van der Waals surface area contributed by atoms with Crippen LogP contribution in [0.4, 0.5) is 11.6 Å². The molecule has 1 aromatic heterocycles. The molecule has 0 saturated carbocycles. The van der Waals surface area contributed by atoms with Gasteiger partial charge in [0.25, 0.3) is 0 Å². The number of aromatic nitrogens is 2. The van der Waals surface area contributed by atoms with Crippen molar-refractivity contribution in [2.45, 2.75) is 0 Å². The molecule has 1 aromatic rings. The van der Waals surface area contributed by atoms with Crippen LogP contribution in [0.2, 0.25) is 0 Å². The van der Waals surface area contributed by atoms with Crippen LogP contribution in [0, 0.1) is 0 Å². The van der Waals surface area contributed by atoms with Crippen LogP contribution in [0.1, 0.15) is 0 Å². The first-order chi connectivity index (χ1) is 7.84. The summed E-state index contributed by atoms with van der Waals surface area (Å²) in [5.41, 5.74) is 6.08. The molecule has 0 atom stereocenters. The average molecular weight is 223 g/mol. The number of anilines is 2. The number of nitrogen functional groups attached to an aromatic ring is 1. The van der Waals surface area contributed by atoms with Crippen molar-refractivity contribution in [1.29, 1.82) is 0 Å². The van der Waals surface area contributed by atoms with Gasteiger partial charge in [-0.3, -0.25) is 4.90 Å². The number of rotatable bonds is 4. The number of ether oxygens (including phenoxy) is 1. The summed E-state index contributed by atoms with van der Waals surface area (Å²) in [5, 5.41) is 3.16. The Balaban J connectivity index is 1.69. The molecule has 0 radical (unpaired) electrons. The second-order valence-electron chi connectivity index (χ2n) is 3.72. The molecule has 0 unspecified atom stereocenters. The van der Waals surface area contributed by atoms with E-state index in [1.165, 1.54) is 0 Å². The van der Waals surface area contributed by atoms with Crippen LogP contribution >= 0.6 is 0 Å². The third kappa shape index (κ3) is 3.32. The van der Waals surface area contributed by atoms with Crippen molar-refractivity contribution in [2.24, 2.45) is 0 Å². The summed E-state index contributed by atoms with van der Waals surface area (Å²) >= 11 is 0. The molecular weight excluding hydrogens is 206 g/mol. The summed E-state index contributed by atoms with van der Waals surface area (Å²) in [4.78, 5) is 10.5. The van der Waals surface area contributed by atoms with E-state index in [-0.39, 0.29) is 0 Å². The van der Waals surface area contributed by atoms with Gasteiger partial charge in [-0.2, -0.15) is 0 Å². The third-order valence-corrected chi connectivity index (χ3v) is 2.49. The highest BCUT2D eigenvalue weighted by Gasteiger charge is 2.09. The first-order valence-corrected chi connectivity index (χ1v) is 5.46. The Morgan fingerprint density at radius 3 is 2.69 bits per heavy atom. The zero-order valence-corrected chi connectivity index (χ0v) is 9.22. The van der Waals surface area contributed by atoms with Crippen LogP contribution in [0.3, 0.4) is 0 Å². The Morgan fingerprint density at radius 1 is 1.31 bits per heavy atom. The van der Waals surface area contributed by atoms with Gasteiger partial charge in [-0.1, -0.05) is 0 Å². The largest absolute Gasteiger partial charge is 0.396 e. The predicted octanol–water partition coefficient (Wildman–Crippen LogP) is -0.197. The summed E-state index contributed by atoms with van der Waals surface area (Å²) in [6.45, 7) is 5.49. The van der Waals surface area contributed by atoms with Gasteiger partial charge >= 0.3 is 0 Å². The maximum atomic E-state index is 5.50. The lowest BCUT2D eigenvalue weighted by atomic mass is 10.4. The van der Waals surface area contributed by atoms with E-state index in [4.69, 9.17) is 10.5 Å². The Hall–Kier alpha value is -1.40. The fourth-order valence-electron chi connectivity index (χ4n) is 1.58. The molecule has 0 spiro atoms. The van der Waals surface area contributed by atoms with Crippen LogP contribution in [0.5, 0.6) is 0 Å². The Kier molecular flexibility index (Phi) is 3.90. The highest BCUT2D eigenvalue weighted by Crippen LogP contribution is 2.01. The van der Waals surface area contributed by atoms with Crippen molar-refractivity contribution in [3.05, 3.63) is 12.4 Å². The summed E-state index contributed by atoms with van der Waals surface area (Å²) in [5.74, 6) is 0.627. The summed E-state index contributed by atoms with van der Waals surface area (Å²) < 4.78 is 5.28. The lowest BCUT2D eigenvalue weighted by molar-refractivity contribution is 0.0398. The van der Waals surface area contributed by atoms with Gasteiger partial charge in [0.2, 0.25) is 5.95 Å². The monoisotopic (exact) mass is 223 g/mol. The number of nitrogens with one attached hydrogen (secondary N) is 1. The summed E-state index contributed by atoms with van der Waals surface area (Å²) in [6, 6.07) is 0. The zero-order chi connectivity index (χ0) is 11.2. The first-order valence-electron chi connectivity index (χ1n) is 5.46. The SMILES string of the molecule is Nc1cnc(NCCN2CCOCC2)nc1. The molecule has 1 aliphatic heterocycles. The molecular formula is C10H17N5O. The topological polar surface area (TPSA) is 76.3 Å². The van der Waals surface area contributed by atoms with E-state index >= 15 is 0 Å². The molecule has 0 amide bonds. The molecule has 2 heterocycles. The average Bonchev–Trinajstić information content (AvgIpc) is 2.33. The Labute approximate surface area is 94.8 Å². The van der Waals surface area contributed by atoms with Crippen LogP contribution in [-0.4, -0.2) is 54.3 Å². The lowest BCUT2D eigenvalue weighted by Crippen LogP contribution is -2.39.